The van der Waals surface area contributed by atoms with Gasteiger partial charge in [-0.2, -0.15) is 0 Å². The summed E-state index contributed by atoms with van der Waals surface area (Å²) in [6.45, 7) is 0. The molecular weight excluding hydrogens is 329 g/mol. The molecule has 0 aromatic heterocycles. The maximum atomic E-state index is 13.7. The molecule has 136 valence electrons. The van der Waals surface area contributed by atoms with Crippen LogP contribution in [0.5, 0.6) is 5.75 Å². The van der Waals surface area contributed by atoms with Gasteiger partial charge in [-0.1, -0.05) is 6.42 Å². The quantitative estimate of drug-likeness (QED) is 0.627. The second kappa shape index (κ2) is 9.05. The molecule has 6 nitrogen and oxygen atoms in total. The molecule has 1 aliphatic carbocycles. The zero-order chi connectivity index (χ0) is 18.2. The summed E-state index contributed by atoms with van der Waals surface area (Å²) in [7, 11) is 2.37. The van der Waals surface area contributed by atoms with Crippen molar-refractivity contribution < 1.29 is 28.2 Å². The topological polar surface area (TPSA) is 73.9 Å². The standard InChI is InChI=1S/C18H22FNO5/c1-23-17(21)11-15(18(22)24-2)20-14-10-12(19)8-9-16(14)25-13-6-4-3-5-7-13/h8-11,13,20H,3-7H2,1-2H3/b15-11+. The van der Waals surface area contributed by atoms with Crippen molar-refractivity contribution in [3.05, 3.63) is 35.8 Å². The van der Waals surface area contributed by atoms with E-state index in [1.807, 2.05) is 0 Å². The summed E-state index contributed by atoms with van der Waals surface area (Å²) in [5.41, 5.74) is 0.0690. The molecule has 1 saturated carbocycles. The Balaban J connectivity index is 2.25. The highest BCUT2D eigenvalue weighted by molar-refractivity contribution is 5.99. The van der Waals surface area contributed by atoms with Gasteiger partial charge < -0.3 is 19.5 Å². The lowest BCUT2D eigenvalue weighted by Crippen LogP contribution is -2.21. The smallest absolute Gasteiger partial charge is 0.354 e. The van der Waals surface area contributed by atoms with Crippen LogP contribution in [0.3, 0.4) is 0 Å². The number of anilines is 1. The van der Waals surface area contributed by atoms with E-state index in [0.717, 1.165) is 31.8 Å². The first-order valence-corrected chi connectivity index (χ1v) is 8.14. The molecule has 0 bridgehead atoms. The molecule has 0 spiro atoms. The van der Waals surface area contributed by atoms with E-state index in [1.54, 1.807) is 0 Å². The Morgan fingerprint density at radius 2 is 1.88 bits per heavy atom. The van der Waals surface area contributed by atoms with Gasteiger partial charge in [0.05, 0.1) is 32.1 Å². The van der Waals surface area contributed by atoms with Gasteiger partial charge in [0.2, 0.25) is 0 Å². The van der Waals surface area contributed by atoms with E-state index in [-0.39, 0.29) is 17.5 Å². The fourth-order valence-electron chi connectivity index (χ4n) is 2.64. The van der Waals surface area contributed by atoms with Crippen molar-refractivity contribution >= 4 is 17.6 Å². The van der Waals surface area contributed by atoms with Crippen LogP contribution in [0.2, 0.25) is 0 Å². The van der Waals surface area contributed by atoms with E-state index in [0.29, 0.717) is 5.75 Å². The van der Waals surface area contributed by atoms with Gasteiger partial charge in [0.25, 0.3) is 0 Å². The van der Waals surface area contributed by atoms with Crippen LogP contribution < -0.4 is 10.1 Å². The predicted octanol–water partition coefficient (Wildman–Crippen LogP) is 3.18. The van der Waals surface area contributed by atoms with Gasteiger partial charge in [-0.25, -0.2) is 14.0 Å². The largest absolute Gasteiger partial charge is 0.488 e. The number of ether oxygens (including phenoxy) is 3. The Bertz CT molecular complexity index is 653. The fourth-order valence-corrected chi connectivity index (χ4v) is 2.64. The maximum Gasteiger partial charge on any atom is 0.354 e. The molecule has 0 heterocycles. The van der Waals surface area contributed by atoms with E-state index < -0.39 is 17.8 Å². The molecule has 1 fully saturated rings. The normalized spacial score (nSPS) is 15.4. The Morgan fingerprint density at radius 1 is 1.16 bits per heavy atom. The van der Waals surface area contributed by atoms with Crippen LogP contribution in [0, 0.1) is 5.82 Å². The second-order valence-corrected chi connectivity index (χ2v) is 5.72. The van der Waals surface area contributed by atoms with Crippen molar-refractivity contribution in [3.8, 4) is 5.75 Å². The van der Waals surface area contributed by atoms with E-state index in [9.17, 15) is 14.0 Å². The number of hydrogen-bond donors (Lipinski definition) is 1. The van der Waals surface area contributed by atoms with Crippen molar-refractivity contribution in [3.63, 3.8) is 0 Å². The molecule has 0 radical (unpaired) electrons. The third-order valence-corrected chi connectivity index (χ3v) is 3.93. The number of benzene rings is 1. The average molecular weight is 351 g/mol. The first kappa shape index (κ1) is 18.8. The van der Waals surface area contributed by atoms with Crippen molar-refractivity contribution in [2.24, 2.45) is 0 Å². The third-order valence-electron chi connectivity index (χ3n) is 3.93. The highest BCUT2D eigenvalue weighted by Crippen LogP contribution is 2.31. The fraction of sp³-hybridized carbons (Fsp3) is 0.444. The van der Waals surface area contributed by atoms with E-state index >= 15 is 0 Å². The zero-order valence-electron chi connectivity index (χ0n) is 14.3. The number of methoxy groups -OCH3 is 2. The Hall–Kier alpha value is -2.57. The molecule has 0 aliphatic heterocycles. The van der Waals surface area contributed by atoms with Gasteiger partial charge in [0.1, 0.15) is 17.3 Å². The molecule has 7 heteroatoms. The molecule has 0 atom stereocenters. The van der Waals surface area contributed by atoms with Crippen LogP contribution in [-0.2, 0) is 19.1 Å². The minimum absolute atomic E-state index is 0.0472. The lowest BCUT2D eigenvalue weighted by atomic mass is 9.98. The molecule has 1 aliphatic rings. The molecule has 0 unspecified atom stereocenters. The molecule has 25 heavy (non-hydrogen) atoms. The number of carbonyl (C=O) groups excluding carboxylic acids is 2. The molecule has 1 N–H and O–H groups in total. The minimum Gasteiger partial charge on any atom is -0.488 e. The van der Waals surface area contributed by atoms with Gasteiger partial charge in [-0.05, 0) is 37.8 Å². The summed E-state index contributed by atoms with van der Waals surface area (Å²) >= 11 is 0. The molecule has 2 rings (SSSR count). The summed E-state index contributed by atoms with van der Waals surface area (Å²) < 4.78 is 28.8. The van der Waals surface area contributed by atoms with Crippen LogP contribution >= 0.6 is 0 Å². The Morgan fingerprint density at radius 3 is 2.52 bits per heavy atom. The second-order valence-electron chi connectivity index (χ2n) is 5.72. The highest BCUT2D eigenvalue weighted by Gasteiger charge is 2.19. The van der Waals surface area contributed by atoms with Gasteiger partial charge in [0, 0.05) is 6.07 Å². The Labute approximate surface area is 145 Å². The van der Waals surface area contributed by atoms with Gasteiger partial charge in [0.15, 0.2) is 0 Å². The number of esters is 2. The van der Waals surface area contributed by atoms with Crippen molar-refractivity contribution in [2.75, 3.05) is 19.5 Å². The van der Waals surface area contributed by atoms with Gasteiger partial charge in [-0.3, -0.25) is 0 Å². The number of halogens is 1. The number of carbonyl (C=O) groups is 2. The lowest BCUT2D eigenvalue weighted by molar-refractivity contribution is -0.138. The average Bonchev–Trinajstić information content (AvgIpc) is 2.63. The van der Waals surface area contributed by atoms with Crippen LogP contribution in [0.1, 0.15) is 32.1 Å². The molecule has 1 aromatic carbocycles. The van der Waals surface area contributed by atoms with Crippen molar-refractivity contribution in [1.82, 2.24) is 0 Å². The molecule has 1 aromatic rings. The number of hydrogen-bond acceptors (Lipinski definition) is 6. The predicted molar refractivity (Wildman–Crippen MR) is 89.6 cm³/mol. The third kappa shape index (κ3) is 5.48. The SMILES string of the molecule is COC(=O)/C=C(/Nc1cc(F)ccc1OC1CCCCC1)C(=O)OC. The van der Waals surface area contributed by atoms with Crippen LogP contribution in [0.4, 0.5) is 10.1 Å². The van der Waals surface area contributed by atoms with Gasteiger partial charge >= 0.3 is 11.9 Å². The Kier molecular flexibility index (Phi) is 6.80. The van der Waals surface area contributed by atoms with Crippen LogP contribution in [-0.4, -0.2) is 32.3 Å². The summed E-state index contributed by atoms with van der Waals surface area (Å²) in [5, 5.41) is 2.71. The summed E-state index contributed by atoms with van der Waals surface area (Å²) in [6.07, 6.45) is 6.21. The van der Waals surface area contributed by atoms with Crippen molar-refractivity contribution in [1.29, 1.82) is 0 Å². The number of nitrogens with one attached hydrogen (secondary N) is 1. The summed E-state index contributed by atoms with van der Waals surface area (Å²) in [6, 6.07) is 3.98. The summed E-state index contributed by atoms with van der Waals surface area (Å²) in [5.74, 6) is -1.61. The summed E-state index contributed by atoms with van der Waals surface area (Å²) in [4.78, 5) is 23.3. The minimum atomic E-state index is -0.779. The van der Waals surface area contributed by atoms with E-state index in [4.69, 9.17) is 4.74 Å². The molecule has 0 saturated heterocycles. The molecular formula is C18H22FNO5. The first-order valence-electron chi connectivity index (χ1n) is 8.14. The lowest BCUT2D eigenvalue weighted by Gasteiger charge is -2.24. The van der Waals surface area contributed by atoms with Crippen LogP contribution in [0.15, 0.2) is 30.0 Å². The zero-order valence-corrected chi connectivity index (χ0v) is 14.3. The van der Waals surface area contributed by atoms with E-state index in [2.05, 4.69) is 14.8 Å². The maximum absolute atomic E-state index is 13.7. The first-order chi connectivity index (χ1) is 12.0. The van der Waals surface area contributed by atoms with Gasteiger partial charge in [-0.15, -0.1) is 0 Å². The molecule has 0 amide bonds. The van der Waals surface area contributed by atoms with Crippen LogP contribution in [0.25, 0.3) is 0 Å². The number of rotatable bonds is 6. The monoisotopic (exact) mass is 351 g/mol. The van der Waals surface area contributed by atoms with Crippen molar-refractivity contribution in [2.45, 2.75) is 38.2 Å². The van der Waals surface area contributed by atoms with E-state index in [1.165, 1.54) is 38.8 Å². The highest BCUT2D eigenvalue weighted by atomic mass is 19.1.